The van der Waals surface area contributed by atoms with E-state index in [-0.39, 0.29) is 10.9 Å². The maximum atomic E-state index is 11.2. The van der Waals surface area contributed by atoms with Gasteiger partial charge < -0.3 is 5.32 Å². The average Bonchev–Trinajstić information content (AvgIpc) is 2.29. The molecule has 3 amide bonds. The number of carbonyl (C=O) groups excluding carboxylic acids is 2. The molecule has 0 atom stereocenters. The predicted octanol–water partition coefficient (Wildman–Crippen LogP) is 2.10. The van der Waals surface area contributed by atoms with Crippen LogP contribution in [0.1, 0.15) is 5.56 Å². The number of imide groups is 1. The van der Waals surface area contributed by atoms with Gasteiger partial charge in [0.25, 0.3) is 0 Å². The molecule has 1 rings (SSSR count). The second-order valence-corrected chi connectivity index (χ2v) is 3.62. The van der Waals surface area contributed by atoms with Gasteiger partial charge in [0.05, 0.1) is 10.6 Å². The summed E-state index contributed by atoms with van der Waals surface area (Å²) in [5.74, 6) is -0.912. The van der Waals surface area contributed by atoms with Crippen LogP contribution in [0.25, 0.3) is 0 Å². The molecule has 0 bridgehead atoms. The molecule has 1 aromatic carbocycles. The summed E-state index contributed by atoms with van der Waals surface area (Å²) in [6.45, 7) is 0. The molecule has 0 aliphatic rings. The Balaban J connectivity index is 2.70. The lowest BCUT2D eigenvalue weighted by molar-refractivity contribution is -0.117. The van der Waals surface area contributed by atoms with E-state index in [1.807, 2.05) is 11.4 Å². The Morgan fingerprint density at radius 1 is 1.41 bits per heavy atom. The van der Waals surface area contributed by atoms with Crippen molar-refractivity contribution in [3.8, 4) is 6.07 Å². The SMILES string of the molecule is N#Cc1ccc(NC(=O)NC(=O)CCl)cc1Cl. The van der Waals surface area contributed by atoms with Crippen molar-refractivity contribution in [3.63, 3.8) is 0 Å². The van der Waals surface area contributed by atoms with Crippen LogP contribution in [0.15, 0.2) is 18.2 Å². The first-order valence-corrected chi connectivity index (χ1v) is 5.34. The maximum absolute atomic E-state index is 11.2. The third-order valence-electron chi connectivity index (χ3n) is 1.72. The first kappa shape index (κ1) is 13.3. The van der Waals surface area contributed by atoms with E-state index in [1.54, 1.807) is 0 Å². The minimum absolute atomic E-state index is 0.217. The maximum Gasteiger partial charge on any atom is 0.325 e. The summed E-state index contributed by atoms with van der Waals surface area (Å²) < 4.78 is 0. The Kier molecular flexibility index (Phi) is 4.76. The average molecular weight is 272 g/mol. The lowest BCUT2D eigenvalue weighted by atomic mass is 10.2. The van der Waals surface area contributed by atoms with Crippen LogP contribution in [-0.4, -0.2) is 17.8 Å². The van der Waals surface area contributed by atoms with Gasteiger partial charge >= 0.3 is 6.03 Å². The summed E-state index contributed by atoms with van der Waals surface area (Å²) in [5, 5.41) is 13.2. The lowest BCUT2D eigenvalue weighted by Crippen LogP contribution is -2.35. The number of nitrogens with zero attached hydrogens (tertiary/aromatic N) is 1. The van der Waals surface area contributed by atoms with E-state index in [4.69, 9.17) is 28.5 Å². The Bertz CT molecular complexity index is 497. The Labute approximate surface area is 107 Å². The molecule has 17 heavy (non-hydrogen) atoms. The molecular weight excluding hydrogens is 265 g/mol. The van der Waals surface area contributed by atoms with Crippen LogP contribution in [0.5, 0.6) is 0 Å². The summed E-state index contributed by atoms with van der Waals surface area (Å²) in [5.41, 5.74) is 0.670. The lowest BCUT2D eigenvalue weighted by Gasteiger charge is -2.06. The molecule has 0 spiro atoms. The quantitative estimate of drug-likeness (QED) is 0.809. The van der Waals surface area contributed by atoms with Crippen LogP contribution in [-0.2, 0) is 4.79 Å². The highest BCUT2D eigenvalue weighted by atomic mass is 35.5. The molecule has 0 fully saturated rings. The van der Waals surface area contributed by atoms with E-state index in [9.17, 15) is 9.59 Å². The third kappa shape index (κ3) is 3.94. The molecule has 0 aliphatic heterocycles. The van der Waals surface area contributed by atoms with E-state index < -0.39 is 11.9 Å². The molecule has 2 N–H and O–H groups in total. The van der Waals surface area contributed by atoms with Crippen LogP contribution >= 0.6 is 23.2 Å². The summed E-state index contributed by atoms with van der Waals surface area (Å²) in [6.07, 6.45) is 0. The van der Waals surface area contributed by atoms with Crippen LogP contribution in [0.4, 0.5) is 10.5 Å². The zero-order valence-electron chi connectivity index (χ0n) is 8.46. The van der Waals surface area contributed by atoms with Crippen molar-refractivity contribution in [1.82, 2.24) is 5.32 Å². The second kappa shape index (κ2) is 6.09. The normalized spacial score (nSPS) is 9.24. The monoisotopic (exact) mass is 271 g/mol. The van der Waals surface area contributed by atoms with Crippen LogP contribution < -0.4 is 10.6 Å². The fraction of sp³-hybridized carbons (Fsp3) is 0.100. The van der Waals surface area contributed by atoms with Crippen molar-refractivity contribution >= 4 is 40.8 Å². The number of carbonyl (C=O) groups is 2. The smallest absolute Gasteiger partial charge is 0.308 e. The number of nitriles is 1. The third-order valence-corrected chi connectivity index (χ3v) is 2.28. The standard InChI is InChI=1S/C10H7Cl2N3O2/c11-4-9(16)15-10(17)14-7-2-1-6(5-13)8(12)3-7/h1-3H,4H2,(H2,14,15,16,17). The van der Waals surface area contributed by atoms with E-state index in [2.05, 4.69) is 5.32 Å². The fourth-order valence-corrected chi connectivity index (χ4v) is 1.30. The van der Waals surface area contributed by atoms with Crippen LogP contribution in [0.2, 0.25) is 5.02 Å². The van der Waals surface area contributed by atoms with E-state index in [1.165, 1.54) is 18.2 Å². The van der Waals surface area contributed by atoms with Crippen molar-refractivity contribution < 1.29 is 9.59 Å². The number of halogens is 2. The number of alkyl halides is 1. The number of urea groups is 1. The zero-order valence-corrected chi connectivity index (χ0v) is 9.97. The molecule has 5 nitrogen and oxygen atoms in total. The van der Waals surface area contributed by atoms with E-state index in [0.29, 0.717) is 11.3 Å². The first-order valence-electron chi connectivity index (χ1n) is 4.43. The number of hydrogen-bond acceptors (Lipinski definition) is 3. The topological polar surface area (TPSA) is 82.0 Å². The number of nitrogens with one attached hydrogen (secondary N) is 2. The van der Waals surface area contributed by atoms with E-state index >= 15 is 0 Å². The van der Waals surface area contributed by atoms with Gasteiger partial charge in [-0.2, -0.15) is 5.26 Å². The highest BCUT2D eigenvalue weighted by molar-refractivity contribution is 6.32. The Hall–Kier alpha value is -1.77. The second-order valence-electron chi connectivity index (χ2n) is 2.94. The van der Waals surface area contributed by atoms with Crippen molar-refractivity contribution in [2.45, 2.75) is 0 Å². The molecule has 0 aliphatic carbocycles. The summed E-state index contributed by atoms with van der Waals surface area (Å²) in [4.78, 5) is 22.0. The summed E-state index contributed by atoms with van der Waals surface area (Å²) >= 11 is 11.0. The predicted molar refractivity (Wildman–Crippen MR) is 64.0 cm³/mol. The van der Waals surface area contributed by atoms with Crippen LogP contribution in [0.3, 0.4) is 0 Å². The molecule has 7 heteroatoms. The molecule has 0 aromatic heterocycles. The molecule has 1 aromatic rings. The number of anilines is 1. The first-order chi connectivity index (χ1) is 8.06. The van der Waals surface area contributed by atoms with Gasteiger partial charge in [0.15, 0.2) is 0 Å². The molecule has 88 valence electrons. The van der Waals surface area contributed by atoms with Gasteiger partial charge in [0.1, 0.15) is 11.9 Å². The summed E-state index contributed by atoms with van der Waals surface area (Å²) in [6, 6.07) is 5.54. The zero-order chi connectivity index (χ0) is 12.8. The minimum atomic E-state index is -0.712. The molecular formula is C10H7Cl2N3O2. The van der Waals surface area contributed by atoms with E-state index in [0.717, 1.165) is 0 Å². The summed E-state index contributed by atoms with van der Waals surface area (Å²) in [7, 11) is 0. The van der Waals surface area contributed by atoms with Crippen molar-refractivity contribution in [1.29, 1.82) is 5.26 Å². The van der Waals surface area contributed by atoms with Gasteiger partial charge in [-0.15, -0.1) is 11.6 Å². The van der Waals surface area contributed by atoms with Crippen LogP contribution in [0, 0.1) is 11.3 Å². The van der Waals surface area contributed by atoms with Gasteiger partial charge in [-0.05, 0) is 18.2 Å². The van der Waals surface area contributed by atoms with Crippen molar-refractivity contribution in [3.05, 3.63) is 28.8 Å². The number of benzene rings is 1. The van der Waals surface area contributed by atoms with Gasteiger partial charge in [-0.1, -0.05) is 11.6 Å². The van der Waals surface area contributed by atoms with Crippen molar-refractivity contribution in [2.75, 3.05) is 11.2 Å². The van der Waals surface area contributed by atoms with Gasteiger partial charge in [-0.3, -0.25) is 10.1 Å². The number of rotatable bonds is 2. The minimum Gasteiger partial charge on any atom is -0.308 e. The van der Waals surface area contributed by atoms with Crippen molar-refractivity contribution in [2.24, 2.45) is 0 Å². The highest BCUT2D eigenvalue weighted by Crippen LogP contribution is 2.19. The molecule has 0 saturated carbocycles. The molecule has 0 radical (unpaired) electrons. The van der Waals surface area contributed by atoms with Gasteiger partial charge in [-0.25, -0.2) is 4.79 Å². The molecule has 0 saturated heterocycles. The highest BCUT2D eigenvalue weighted by Gasteiger charge is 2.07. The van der Waals surface area contributed by atoms with Gasteiger partial charge in [0.2, 0.25) is 5.91 Å². The Morgan fingerprint density at radius 3 is 2.65 bits per heavy atom. The Morgan fingerprint density at radius 2 is 2.12 bits per heavy atom. The number of amides is 3. The largest absolute Gasteiger partial charge is 0.325 e. The van der Waals surface area contributed by atoms with Gasteiger partial charge in [0, 0.05) is 5.69 Å². The molecule has 0 heterocycles. The molecule has 0 unspecified atom stereocenters. The number of hydrogen-bond donors (Lipinski definition) is 2. The fourth-order valence-electron chi connectivity index (χ4n) is 1.01.